The molecule has 1 saturated heterocycles. The van der Waals surface area contributed by atoms with Gasteiger partial charge in [0.2, 0.25) is 0 Å². The molecule has 1 fully saturated rings. The summed E-state index contributed by atoms with van der Waals surface area (Å²) in [5.74, 6) is 0.794. The van der Waals surface area contributed by atoms with Crippen LogP contribution in [0, 0.1) is 10.8 Å². The van der Waals surface area contributed by atoms with E-state index in [-0.39, 0.29) is 11.5 Å². The minimum Gasteiger partial charge on any atom is -0.495 e. The number of morpholine rings is 1. The number of hydrogen-bond acceptors (Lipinski definition) is 3. The van der Waals surface area contributed by atoms with Gasteiger partial charge in [-0.3, -0.25) is 4.90 Å². The molecule has 3 heteroatoms. The molecule has 1 heterocycles. The Morgan fingerprint density at radius 3 is 1.95 bits per heavy atom. The summed E-state index contributed by atoms with van der Waals surface area (Å²) >= 11 is 0. The number of allylic oxidation sites excluding steroid dienone is 1. The average molecular weight is 314 g/mol. The SMILES string of the molecule is C=C(C)OC(C)C(C)(C)C.CC(C)(C)CCN1CCOCC1. The van der Waals surface area contributed by atoms with Gasteiger partial charge < -0.3 is 9.47 Å². The van der Waals surface area contributed by atoms with E-state index >= 15 is 0 Å². The highest BCUT2D eigenvalue weighted by Gasteiger charge is 2.20. The molecule has 3 nitrogen and oxygen atoms in total. The van der Waals surface area contributed by atoms with E-state index in [2.05, 4.69) is 59.9 Å². The van der Waals surface area contributed by atoms with Gasteiger partial charge in [-0.25, -0.2) is 0 Å². The van der Waals surface area contributed by atoms with Crippen LogP contribution >= 0.6 is 0 Å². The van der Waals surface area contributed by atoms with Crippen LogP contribution in [0.15, 0.2) is 12.3 Å². The predicted octanol–water partition coefficient (Wildman–Crippen LogP) is 4.73. The zero-order chi connectivity index (χ0) is 17.4. The van der Waals surface area contributed by atoms with Crippen LogP contribution in [-0.2, 0) is 9.47 Å². The Hall–Kier alpha value is -0.540. The van der Waals surface area contributed by atoms with Crippen molar-refractivity contribution < 1.29 is 9.47 Å². The molecule has 22 heavy (non-hydrogen) atoms. The topological polar surface area (TPSA) is 21.7 Å². The Morgan fingerprint density at radius 2 is 1.64 bits per heavy atom. The van der Waals surface area contributed by atoms with Gasteiger partial charge in [0.1, 0.15) is 6.10 Å². The van der Waals surface area contributed by atoms with E-state index in [9.17, 15) is 0 Å². The lowest BCUT2D eigenvalue weighted by Gasteiger charge is -2.29. The molecule has 0 saturated carbocycles. The van der Waals surface area contributed by atoms with Crippen LogP contribution in [0.5, 0.6) is 0 Å². The maximum atomic E-state index is 5.42. The van der Waals surface area contributed by atoms with Gasteiger partial charge in [-0.1, -0.05) is 48.1 Å². The third-order valence-electron chi connectivity index (χ3n) is 3.88. The summed E-state index contributed by atoms with van der Waals surface area (Å²) in [7, 11) is 0. The van der Waals surface area contributed by atoms with Gasteiger partial charge in [0.15, 0.2) is 0 Å². The Bertz CT molecular complexity index is 306. The molecule has 0 bridgehead atoms. The zero-order valence-corrected chi connectivity index (χ0v) is 16.3. The van der Waals surface area contributed by atoms with Gasteiger partial charge in [0.25, 0.3) is 0 Å². The van der Waals surface area contributed by atoms with Gasteiger partial charge in [-0.2, -0.15) is 0 Å². The summed E-state index contributed by atoms with van der Waals surface area (Å²) in [6.45, 7) is 26.3. The van der Waals surface area contributed by atoms with Crippen molar-refractivity contribution in [3.05, 3.63) is 12.3 Å². The second-order valence-corrected chi connectivity index (χ2v) is 8.59. The molecular weight excluding hydrogens is 274 g/mol. The molecular formula is C19H39NO2. The third kappa shape index (κ3) is 12.0. The summed E-state index contributed by atoms with van der Waals surface area (Å²) in [6, 6.07) is 0. The van der Waals surface area contributed by atoms with E-state index in [1.54, 1.807) is 0 Å². The zero-order valence-electron chi connectivity index (χ0n) is 16.3. The molecule has 132 valence electrons. The summed E-state index contributed by atoms with van der Waals surface area (Å²) < 4.78 is 10.7. The van der Waals surface area contributed by atoms with Crippen LogP contribution in [0.2, 0.25) is 0 Å². The molecule has 0 aromatic heterocycles. The highest BCUT2D eigenvalue weighted by atomic mass is 16.5. The molecule has 1 rings (SSSR count). The molecule has 0 amide bonds. The molecule has 1 aliphatic heterocycles. The highest BCUT2D eigenvalue weighted by Crippen LogP contribution is 2.23. The minimum atomic E-state index is 0.207. The first-order valence-electron chi connectivity index (χ1n) is 8.54. The molecule has 0 radical (unpaired) electrons. The second-order valence-electron chi connectivity index (χ2n) is 8.59. The van der Waals surface area contributed by atoms with Crippen molar-refractivity contribution in [2.24, 2.45) is 10.8 Å². The van der Waals surface area contributed by atoms with E-state index in [1.165, 1.54) is 13.0 Å². The Kier molecular flexibility index (Phi) is 9.33. The lowest BCUT2D eigenvalue weighted by Crippen LogP contribution is -2.37. The lowest BCUT2D eigenvalue weighted by atomic mass is 9.90. The number of nitrogens with zero attached hydrogens (tertiary/aromatic N) is 1. The molecule has 0 spiro atoms. The maximum Gasteiger partial charge on any atom is 0.100 e. The summed E-state index contributed by atoms with van der Waals surface area (Å²) in [4.78, 5) is 2.49. The van der Waals surface area contributed by atoms with E-state index in [4.69, 9.17) is 9.47 Å². The van der Waals surface area contributed by atoms with Crippen LogP contribution in [0.3, 0.4) is 0 Å². The summed E-state index contributed by atoms with van der Waals surface area (Å²) in [6.07, 6.45) is 1.53. The summed E-state index contributed by atoms with van der Waals surface area (Å²) in [5.41, 5.74) is 0.678. The largest absolute Gasteiger partial charge is 0.495 e. The van der Waals surface area contributed by atoms with Crippen LogP contribution < -0.4 is 0 Å². The van der Waals surface area contributed by atoms with Crippen molar-refractivity contribution >= 4 is 0 Å². The minimum absolute atomic E-state index is 0.207. The molecule has 1 aliphatic rings. The quantitative estimate of drug-likeness (QED) is 0.701. The van der Waals surface area contributed by atoms with Crippen molar-refractivity contribution in [1.82, 2.24) is 4.90 Å². The lowest BCUT2D eigenvalue weighted by molar-refractivity contribution is 0.0333. The molecule has 0 N–H and O–H groups in total. The third-order valence-corrected chi connectivity index (χ3v) is 3.88. The summed E-state index contributed by atoms with van der Waals surface area (Å²) in [5, 5.41) is 0. The number of hydrogen-bond donors (Lipinski definition) is 0. The Labute approximate surface area is 139 Å². The molecule has 1 unspecified atom stereocenters. The highest BCUT2D eigenvalue weighted by molar-refractivity contribution is 4.80. The van der Waals surface area contributed by atoms with Crippen molar-refractivity contribution in [2.45, 2.75) is 67.9 Å². The van der Waals surface area contributed by atoms with Crippen LogP contribution in [0.4, 0.5) is 0 Å². The van der Waals surface area contributed by atoms with Gasteiger partial charge in [-0.15, -0.1) is 0 Å². The van der Waals surface area contributed by atoms with Crippen LogP contribution in [0.1, 0.15) is 61.8 Å². The molecule has 0 aromatic rings. The van der Waals surface area contributed by atoms with Gasteiger partial charge in [0.05, 0.1) is 19.0 Å². The van der Waals surface area contributed by atoms with E-state index in [0.717, 1.165) is 32.1 Å². The Morgan fingerprint density at radius 1 is 1.14 bits per heavy atom. The van der Waals surface area contributed by atoms with Gasteiger partial charge in [-0.05, 0) is 37.6 Å². The van der Waals surface area contributed by atoms with Crippen LogP contribution in [-0.4, -0.2) is 43.9 Å². The monoisotopic (exact) mass is 313 g/mol. The van der Waals surface area contributed by atoms with Crippen molar-refractivity contribution in [2.75, 3.05) is 32.8 Å². The standard InChI is InChI=1S/C10H21NO.C9H18O/c1-10(2,3)4-5-11-6-8-12-9-7-11;1-7(2)10-8(3)9(4,5)6/h4-9H2,1-3H3;8H,1H2,2-6H3. The first-order chi connectivity index (χ1) is 9.92. The van der Waals surface area contributed by atoms with Gasteiger partial charge >= 0.3 is 0 Å². The van der Waals surface area contributed by atoms with E-state index in [0.29, 0.717) is 5.41 Å². The van der Waals surface area contributed by atoms with Crippen molar-refractivity contribution in [3.63, 3.8) is 0 Å². The molecule has 0 aromatic carbocycles. The van der Waals surface area contributed by atoms with Crippen molar-refractivity contribution in [1.29, 1.82) is 0 Å². The smallest absolute Gasteiger partial charge is 0.100 e. The maximum absolute atomic E-state index is 5.42. The predicted molar refractivity (Wildman–Crippen MR) is 96.1 cm³/mol. The Balaban J connectivity index is 0.000000409. The number of ether oxygens (including phenoxy) is 2. The number of rotatable bonds is 4. The van der Waals surface area contributed by atoms with E-state index in [1.807, 2.05) is 6.92 Å². The fraction of sp³-hybridized carbons (Fsp3) is 0.895. The van der Waals surface area contributed by atoms with Crippen molar-refractivity contribution in [3.8, 4) is 0 Å². The fourth-order valence-electron chi connectivity index (χ4n) is 1.80. The van der Waals surface area contributed by atoms with Gasteiger partial charge in [0, 0.05) is 13.1 Å². The first-order valence-corrected chi connectivity index (χ1v) is 8.54. The fourth-order valence-corrected chi connectivity index (χ4v) is 1.80. The normalized spacial score (nSPS) is 18.2. The van der Waals surface area contributed by atoms with E-state index < -0.39 is 0 Å². The molecule has 0 aliphatic carbocycles. The molecule has 1 atom stereocenters. The van der Waals surface area contributed by atoms with Crippen LogP contribution in [0.25, 0.3) is 0 Å². The first kappa shape index (κ1) is 21.5. The second kappa shape index (κ2) is 9.57. The average Bonchev–Trinajstić information content (AvgIpc) is 2.36.